The van der Waals surface area contributed by atoms with Gasteiger partial charge in [0.1, 0.15) is 6.10 Å². The van der Waals surface area contributed by atoms with Gasteiger partial charge in [0.25, 0.3) is 0 Å². The highest BCUT2D eigenvalue weighted by atomic mass is 35.5. The van der Waals surface area contributed by atoms with Crippen LogP contribution in [0.2, 0.25) is 15.1 Å². The van der Waals surface area contributed by atoms with Crippen molar-refractivity contribution in [3.63, 3.8) is 0 Å². The van der Waals surface area contributed by atoms with Gasteiger partial charge in [-0.1, -0.05) is 34.8 Å². The number of carbonyl (C=O) groups is 1. The Labute approximate surface area is 113 Å². The van der Waals surface area contributed by atoms with Gasteiger partial charge in [0.05, 0.1) is 7.11 Å². The number of methoxy groups -OCH3 is 1. The third-order valence-electron chi connectivity index (χ3n) is 2.08. The Hall–Kier alpha value is -0.520. The number of aliphatic hydroxyl groups is 2. The molecule has 0 fully saturated rings. The minimum atomic E-state index is -1.77. The first-order valence-corrected chi connectivity index (χ1v) is 5.60. The third-order valence-corrected chi connectivity index (χ3v) is 2.92. The highest BCUT2D eigenvalue weighted by Crippen LogP contribution is 2.35. The topological polar surface area (TPSA) is 66.8 Å². The van der Waals surface area contributed by atoms with E-state index in [2.05, 4.69) is 4.74 Å². The van der Waals surface area contributed by atoms with E-state index < -0.39 is 18.2 Å². The maximum absolute atomic E-state index is 11.1. The lowest BCUT2D eigenvalue weighted by Gasteiger charge is -2.18. The molecule has 0 saturated carbocycles. The smallest absolute Gasteiger partial charge is 0.337 e. The number of esters is 1. The lowest BCUT2D eigenvalue weighted by atomic mass is 10.0. The van der Waals surface area contributed by atoms with Crippen molar-refractivity contribution in [3.05, 3.63) is 32.8 Å². The maximum atomic E-state index is 11.1. The summed E-state index contributed by atoms with van der Waals surface area (Å²) in [5, 5.41) is 19.7. The van der Waals surface area contributed by atoms with Gasteiger partial charge in [-0.05, 0) is 12.1 Å². The quantitative estimate of drug-likeness (QED) is 0.840. The van der Waals surface area contributed by atoms with Crippen molar-refractivity contribution in [2.45, 2.75) is 12.2 Å². The molecule has 4 nitrogen and oxygen atoms in total. The van der Waals surface area contributed by atoms with Crippen molar-refractivity contribution in [2.75, 3.05) is 7.11 Å². The van der Waals surface area contributed by atoms with Crippen LogP contribution in [0, 0.1) is 0 Å². The third kappa shape index (κ3) is 3.24. The van der Waals surface area contributed by atoms with E-state index in [0.29, 0.717) is 0 Å². The highest BCUT2D eigenvalue weighted by molar-refractivity contribution is 6.39. The summed E-state index contributed by atoms with van der Waals surface area (Å²) in [5.41, 5.74) is 0.0237. The lowest BCUT2D eigenvalue weighted by Crippen LogP contribution is -2.29. The molecule has 2 N–H and O–H groups in total. The average Bonchev–Trinajstić information content (AvgIpc) is 2.25. The standard InChI is InChI=1S/C10H9Cl3O4/c1-17-10(16)9(15)8(14)7-5(12)2-4(11)3-6(7)13/h2-3,8-9,14-15H,1H3. The number of halogens is 3. The van der Waals surface area contributed by atoms with Gasteiger partial charge in [-0.15, -0.1) is 0 Å². The summed E-state index contributed by atoms with van der Waals surface area (Å²) in [6, 6.07) is 2.69. The molecule has 0 saturated heterocycles. The Morgan fingerprint density at radius 1 is 1.24 bits per heavy atom. The second kappa shape index (κ2) is 5.89. The van der Waals surface area contributed by atoms with Crippen LogP contribution in [0.3, 0.4) is 0 Å². The normalized spacial score (nSPS) is 14.2. The van der Waals surface area contributed by atoms with Gasteiger partial charge in [-0.25, -0.2) is 4.79 Å². The minimum Gasteiger partial charge on any atom is -0.467 e. The van der Waals surface area contributed by atoms with Crippen LogP contribution in [0.15, 0.2) is 12.1 Å². The molecular weight excluding hydrogens is 290 g/mol. The van der Waals surface area contributed by atoms with Crippen LogP contribution in [0.1, 0.15) is 11.7 Å². The Balaban J connectivity index is 3.12. The molecule has 2 atom stereocenters. The summed E-state index contributed by atoms with van der Waals surface area (Å²) < 4.78 is 4.30. The van der Waals surface area contributed by atoms with Gasteiger partial charge in [0, 0.05) is 20.6 Å². The van der Waals surface area contributed by atoms with Gasteiger partial charge < -0.3 is 14.9 Å². The molecule has 0 aromatic heterocycles. The fourth-order valence-corrected chi connectivity index (χ4v) is 2.28. The molecule has 0 aliphatic carbocycles. The zero-order valence-corrected chi connectivity index (χ0v) is 10.9. The van der Waals surface area contributed by atoms with Crippen molar-refractivity contribution in [1.29, 1.82) is 0 Å². The zero-order valence-electron chi connectivity index (χ0n) is 8.65. The number of hydrogen-bond donors (Lipinski definition) is 2. The van der Waals surface area contributed by atoms with E-state index in [1.165, 1.54) is 12.1 Å². The van der Waals surface area contributed by atoms with Gasteiger partial charge in [-0.2, -0.15) is 0 Å². The molecule has 1 aromatic carbocycles. The predicted octanol–water partition coefficient (Wildman–Crippen LogP) is 2.21. The monoisotopic (exact) mass is 298 g/mol. The number of benzene rings is 1. The summed E-state index contributed by atoms with van der Waals surface area (Å²) in [7, 11) is 1.09. The van der Waals surface area contributed by atoms with Crippen molar-refractivity contribution >= 4 is 40.8 Å². The Morgan fingerprint density at radius 3 is 2.12 bits per heavy atom. The molecule has 0 bridgehead atoms. The van der Waals surface area contributed by atoms with Crippen molar-refractivity contribution in [2.24, 2.45) is 0 Å². The molecule has 94 valence electrons. The van der Waals surface area contributed by atoms with E-state index >= 15 is 0 Å². The molecular formula is C10H9Cl3O4. The molecule has 17 heavy (non-hydrogen) atoms. The summed E-state index contributed by atoms with van der Waals surface area (Å²) in [6.07, 6.45) is -3.35. The predicted molar refractivity (Wildman–Crippen MR) is 64.5 cm³/mol. The molecule has 2 unspecified atom stereocenters. The van der Waals surface area contributed by atoms with E-state index in [0.717, 1.165) is 7.11 Å². The molecule has 0 spiro atoms. The average molecular weight is 300 g/mol. The molecule has 1 aromatic rings. The van der Waals surface area contributed by atoms with Crippen LogP contribution in [0.5, 0.6) is 0 Å². The second-order valence-corrected chi connectivity index (χ2v) is 4.45. The van der Waals surface area contributed by atoms with E-state index in [9.17, 15) is 15.0 Å². The van der Waals surface area contributed by atoms with E-state index in [1.807, 2.05) is 0 Å². The van der Waals surface area contributed by atoms with Gasteiger partial charge in [0.15, 0.2) is 6.10 Å². The van der Waals surface area contributed by atoms with Crippen molar-refractivity contribution in [3.8, 4) is 0 Å². The molecule has 7 heteroatoms. The number of ether oxygens (including phenoxy) is 1. The summed E-state index contributed by atoms with van der Waals surface area (Å²) in [5.74, 6) is -0.986. The first kappa shape index (κ1) is 14.5. The van der Waals surface area contributed by atoms with Gasteiger partial charge in [-0.3, -0.25) is 0 Å². The second-order valence-electron chi connectivity index (χ2n) is 3.20. The summed E-state index contributed by atoms with van der Waals surface area (Å²) in [6.45, 7) is 0. The number of aliphatic hydroxyl groups excluding tert-OH is 2. The van der Waals surface area contributed by atoms with Crippen molar-refractivity contribution in [1.82, 2.24) is 0 Å². The Bertz CT molecular complexity index is 413. The Kier molecular flexibility index (Phi) is 5.04. The van der Waals surface area contributed by atoms with Crippen LogP contribution in [-0.2, 0) is 9.53 Å². The maximum Gasteiger partial charge on any atom is 0.337 e. The number of rotatable bonds is 3. The van der Waals surface area contributed by atoms with Crippen LogP contribution >= 0.6 is 34.8 Å². The van der Waals surface area contributed by atoms with Crippen LogP contribution < -0.4 is 0 Å². The number of carbonyl (C=O) groups excluding carboxylic acids is 1. The molecule has 0 aliphatic rings. The molecule has 0 aliphatic heterocycles. The SMILES string of the molecule is COC(=O)C(O)C(O)c1c(Cl)cc(Cl)cc1Cl. The number of hydrogen-bond acceptors (Lipinski definition) is 4. The summed E-state index contributed by atoms with van der Waals surface area (Å²) in [4.78, 5) is 11.1. The van der Waals surface area contributed by atoms with Crippen LogP contribution in [0.25, 0.3) is 0 Å². The zero-order chi connectivity index (χ0) is 13.2. The highest BCUT2D eigenvalue weighted by Gasteiger charge is 2.29. The van der Waals surface area contributed by atoms with Crippen LogP contribution in [-0.4, -0.2) is 29.4 Å². The first-order chi connectivity index (χ1) is 7.88. The minimum absolute atomic E-state index is 0.0237. The fourth-order valence-electron chi connectivity index (χ4n) is 1.24. The Morgan fingerprint density at radius 2 is 1.71 bits per heavy atom. The van der Waals surface area contributed by atoms with E-state index in [1.54, 1.807) is 0 Å². The van der Waals surface area contributed by atoms with Crippen molar-refractivity contribution < 1.29 is 19.7 Å². The van der Waals surface area contributed by atoms with Crippen LogP contribution in [0.4, 0.5) is 0 Å². The van der Waals surface area contributed by atoms with E-state index in [4.69, 9.17) is 34.8 Å². The van der Waals surface area contributed by atoms with E-state index in [-0.39, 0.29) is 20.6 Å². The van der Waals surface area contributed by atoms with Gasteiger partial charge in [0.2, 0.25) is 0 Å². The largest absolute Gasteiger partial charge is 0.467 e. The molecule has 0 heterocycles. The summed E-state index contributed by atoms with van der Waals surface area (Å²) >= 11 is 17.4. The molecule has 0 amide bonds. The lowest BCUT2D eigenvalue weighted by molar-refractivity contribution is -0.156. The van der Waals surface area contributed by atoms with Gasteiger partial charge >= 0.3 is 5.97 Å². The first-order valence-electron chi connectivity index (χ1n) is 4.47. The molecule has 1 rings (SSSR count). The molecule has 0 radical (unpaired) electrons. The fraction of sp³-hybridized carbons (Fsp3) is 0.300.